The second-order valence-electron chi connectivity index (χ2n) is 8.36. The molecule has 15 heteroatoms. The fraction of sp³-hybridized carbons (Fsp3) is 0.591. The zero-order valence-electron chi connectivity index (χ0n) is 20.7. The molecule has 0 radical (unpaired) electrons. The van der Waals surface area contributed by atoms with Crippen LogP contribution in [0, 0.1) is 0 Å². The molecule has 0 saturated heterocycles. The number of rotatable bonds is 11. The Labute approximate surface area is 217 Å². The Bertz CT molecular complexity index is 1230. The van der Waals surface area contributed by atoms with E-state index in [1.165, 1.54) is 6.07 Å². The molecule has 1 aromatic heterocycles. The number of aromatic nitrogens is 2. The van der Waals surface area contributed by atoms with Crippen molar-refractivity contribution in [2.24, 2.45) is 10.2 Å². The van der Waals surface area contributed by atoms with Crippen LogP contribution < -0.4 is 9.62 Å². The highest BCUT2D eigenvalue weighted by atomic mass is 32.2. The summed E-state index contributed by atoms with van der Waals surface area (Å²) in [5, 5.41) is 15.1. The molecule has 1 atom stereocenters. The predicted octanol–water partition coefficient (Wildman–Crippen LogP) is 6.11. The zero-order valence-corrected chi connectivity index (χ0v) is 22.3. The van der Waals surface area contributed by atoms with E-state index < -0.39 is 21.5 Å². The molecule has 0 spiro atoms. The van der Waals surface area contributed by atoms with Gasteiger partial charge in [-0.3, -0.25) is 4.72 Å². The number of carbonyl (C=O) groups excluding carboxylic acids is 1. The van der Waals surface area contributed by atoms with Gasteiger partial charge >= 0.3 is 21.5 Å². The van der Waals surface area contributed by atoms with Gasteiger partial charge in [-0.1, -0.05) is 38.0 Å². The van der Waals surface area contributed by atoms with Crippen LogP contribution in [0.1, 0.15) is 68.2 Å². The lowest BCUT2D eigenvalue weighted by Crippen LogP contribution is -2.39. The molecular formula is C22H29F3N6O4S2. The fourth-order valence-corrected chi connectivity index (χ4v) is 5.15. The molecular weight excluding hydrogens is 533 g/mol. The van der Waals surface area contributed by atoms with Gasteiger partial charge in [-0.15, -0.1) is 20.4 Å². The summed E-state index contributed by atoms with van der Waals surface area (Å²) >= 11 is 0.783. The van der Waals surface area contributed by atoms with Crippen molar-refractivity contribution >= 4 is 49.5 Å². The van der Waals surface area contributed by atoms with E-state index >= 15 is 0 Å². The van der Waals surface area contributed by atoms with Crippen molar-refractivity contribution in [2.75, 3.05) is 22.8 Å². The average Bonchev–Trinajstić information content (AvgIpc) is 3.31. The van der Waals surface area contributed by atoms with E-state index in [4.69, 9.17) is 4.74 Å². The summed E-state index contributed by atoms with van der Waals surface area (Å²) in [4.78, 5) is 13.9. The molecule has 0 saturated carbocycles. The van der Waals surface area contributed by atoms with Crippen LogP contribution in [0.25, 0.3) is 0 Å². The second kappa shape index (κ2) is 12.2. The van der Waals surface area contributed by atoms with Crippen molar-refractivity contribution in [1.82, 2.24) is 10.2 Å². The van der Waals surface area contributed by atoms with Crippen LogP contribution in [0.4, 0.5) is 35.4 Å². The summed E-state index contributed by atoms with van der Waals surface area (Å²) < 4.78 is 70.0. The standard InChI is InChI=1S/C22H29F3N6O4S2/c1-4-7-8-11-31-15(5-2)10-9-14-12-16(17(13-18(14)31)30-37(33,34)22(23,24)25)26-28-21-29-27-19(36-21)20(32)35-6-3/h12-13,15,30H,4-11H2,1-3H3. The van der Waals surface area contributed by atoms with Gasteiger partial charge in [0.2, 0.25) is 5.01 Å². The maximum Gasteiger partial charge on any atom is 0.516 e. The van der Waals surface area contributed by atoms with Gasteiger partial charge in [-0.2, -0.15) is 21.6 Å². The number of halogens is 3. The summed E-state index contributed by atoms with van der Waals surface area (Å²) in [7, 11) is -5.71. The molecule has 1 aliphatic rings. The summed E-state index contributed by atoms with van der Waals surface area (Å²) in [5.41, 5.74) is -4.48. The van der Waals surface area contributed by atoms with Gasteiger partial charge in [0.25, 0.3) is 5.13 Å². The lowest BCUT2D eigenvalue weighted by atomic mass is 9.93. The third-order valence-electron chi connectivity index (χ3n) is 5.82. The number of hydrogen-bond donors (Lipinski definition) is 1. The van der Waals surface area contributed by atoms with Crippen LogP contribution in [0.2, 0.25) is 0 Å². The molecule has 0 amide bonds. The van der Waals surface area contributed by atoms with E-state index in [0.717, 1.165) is 49.0 Å². The van der Waals surface area contributed by atoms with E-state index in [0.29, 0.717) is 18.7 Å². The van der Waals surface area contributed by atoms with Crippen LogP contribution in [-0.4, -0.2) is 49.3 Å². The summed E-state index contributed by atoms with van der Waals surface area (Å²) in [6, 6.07) is 3.12. The molecule has 1 unspecified atom stereocenters. The number of sulfonamides is 1. The van der Waals surface area contributed by atoms with E-state index in [9.17, 15) is 26.4 Å². The molecule has 10 nitrogen and oxygen atoms in total. The number of fused-ring (bicyclic) bond motifs is 1. The monoisotopic (exact) mass is 562 g/mol. The molecule has 2 heterocycles. The quantitative estimate of drug-likeness (QED) is 0.199. The number of alkyl halides is 3. The second-order valence-corrected chi connectivity index (χ2v) is 11.0. The lowest BCUT2D eigenvalue weighted by Gasteiger charge is -2.39. The minimum Gasteiger partial charge on any atom is -0.461 e. The zero-order chi connectivity index (χ0) is 27.2. The van der Waals surface area contributed by atoms with Crippen molar-refractivity contribution in [3.63, 3.8) is 0 Å². The fourth-order valence-electron chi connectivity index (χ4n) is 4.02. The number of azo groups is 1. The molecule has 2 aromatic rings. The Morgan fingerprint density at radius 1 is 1.22 bits per heavy atom. The Morgan fingerprint density at radius 2 is 1.97 bits per heavy atom. The van der Waals surface area contributed by atoms with Crippen LogP contribution in [0.5, 0.6) is 0 Å². The van der Waals surface area contributed by atoms with Crippen molar-refractivity contribution < 1.29 is 31.1 Å². The smallest absolute Gasteiger partial charge is 0.461 e. The number of anilines is 2. The van der Waals surface area contributed by atoms with E-state index in [-0.39, 0.29) is 34.2 Å². The number of esters is 1. The number of benzene rings is 1. The average molecular weight is 563 g/mol. The molecule has 0 bridgehead atoms. The van der Waals surface area contributed by atoms with Gasteiger partial charge in [0.15, 0.2) is 0 Å². The number of nitrogens with zero attached hydrogens (tertiary/aromatic N) is 5. The number of ether oxygens (including phenoxy) is 1. The molecule has 3 rings (SSSR count). The number of nitrogens with one attached hydrogen (secondary N) is 1. The minimum absolute atomic E-state index is 0.0439. The number of carbonyl (C=O) groups is 1. The molecule has 1 aliphatic heterocycles. The van der Waals surface area contributed by atoms with Gasteiger partial charge in [0.05, 0.1) is 12.3 Å². The van der Waals surface area contributed by atoms with Gasteiger partial charge in [-0.05, 0) is 50.3 Å². The largest absolute Gasteiger partial charge is 0.516 e. The molecule has 0 fully saturated rings. The van der Waals surface area contributed by atoms with Gasteiger partial charge in [-0.25, -0.2) is 4.79 Å². The van der Waals surface area contributed by atoms with Gasteiger partial charge in [0.1, 0.15) is 5.69 Å². The predicted molar refractivity (Wildman–Crippen MR) is 134 cm³/mol. The normalized spacial score (nSPS) is 16.2. The van der Waals surface area contributed by atoms with Gasteiger partial charge in [0, 0.05) is 18.3 Å². The summed E-state index contributed by atoms with van der Waals surface area (Å²) in [6.07, 6.45) is 5.25. The first-order valence-corrected chi connectivity index (χ1v) is 14.3. The van der Waals surface area contributed by atoms with Gasteiger partial charge < -0.3 is 9.64 Å². The highest BCUT2D eigenvalue weighted by molar-refractivity contribution is 7.93. The molecule has 0 aliphatic carbocycles. The summed E-state index contributed by atoms with van der Waals surface area (Å²) in [5.74, 6) is -0.692. The third kappa shape index (κ3) is 6.94. The first kappa shape index (κ1) is 28.8. The minimum atomic E-state index is -5.71. The van der Waals surface area contributed by atoms with Crippen molar-refractivity contribution in [2.45, 2.75) is 70.8 Å². The van der Waals surface area contributed by atoms with Crippen molar-refractivity contribution in [3.8, 4) is 0 Å². The highest BCUT2D eigenvalue weighted by Crippen LogP contribution is 2.41. The Balaban J connectivity index is 2.03. The van der Waals surface area contributed by atoms with Crippen molar-refractivity contribution in [3.05, 3.63) is 22.7 Å². The lowest BCUT2D eigenvalue weighted by molar-refractivity contribution is -0.0429. The highest BCUT2D eigenvalue weighted by Gasteiger charge is 2.46. The molecule has 1 aromatic carbocycles. The number of hydrogen-bond acceptors (Lipinski definition) is 10. The van der Waals surface area contributed by atoms with Crippen LogP contribution in [0.3, 0.4) is 0 Å². The first-order chi connectivity index (χ1) is 17.5. The molecule has 1 N–H and O–H groups in total. The molecule has 37 heavy (non-hydrogen) atoms. The van der Waals surface area contributed by atoms with E-state index in [1.807, 2.05) is 6.92 Å². The van der Waals surface area contributed by atoms with Crippen molar-refractivity contribution in [1.29, 1.82) is 0 Å². The summed E-state index contributed by atoms with van der Waals surface area (Å²) in [6.45, 7) is 6.60. The third-order valence-corrected chi connectivity index (χ3v) is 7.71. The number of aryl methyl sites for hydroxylation is 1. The molecule has 204 valence electrons. The Hall–Kier alpha value is -2.81. The topological polar surface area (TPSA) is 126 Å². The SMILES string of the molecule is CCCCCN1c2cc(NS(=O)(=O)C(F)(F)F)c(N=Nc3nnc(C(=O)OCC)s3)cc2CCC1CC. The van der Waals surface area contributed by atoms with E-state index in [2.05, 4.69) is 32.2 Å². The van der Waals surface area contributed by atoms with Crippen LogP contribution in [0.15, 0.2) is 22.4 Å². The maximum atomic E-state index is 13.2. The van der Waals surface area contributed by atoms with Crippen LogP contribution >= 0.6 is 11.3 Å². The van der Waals surface area contributed by atoms with E-state index in [1.54, 1.807) is 17.7 Å². The first-order valence-electron chi connectivity index (χ1n) is 12.0. The van der Waals surface area contributed by atoms with Crippen LogP contribution in [-0.2, 0) is 21.2 Å². The Morgan fingerprint density at radius 3 is 2.62 bits per heavy atom. The number of unbranched alkanes of at least 4 members (excludes halogenated alkanes) is 2. The Kier molecular flexibility index (Phi) is 9.45. The maximum absolute atomic E-state index is 13.2.